The molecule has 3 heterocycles. The molecule has 240 valence electrons. The highest BCUT2D eigenvalue weighted by molar-refractivity contribution is 6.15. The third-order valence-corrected chi connectivity index (χ3v) is 8.06. The van der Waals surface area contributed by atoms with Crippen LogP contribution in [0.4, 0.5) is 0 Å². The summed E-state index contributed by atoms with van der Waals surface area (Å²) < 4.78 is 37.1. The molecule has 3 aliphatic heterocycles. The van der Waals surface area contributed by atoms with Crippen molar-refractivity contribution in [2.45, 2.75) is 54.8 Å². The number of carbonyl (C=O) groups excluding carboxylic acids is 2. The molecule has 4 aliphatic rings. The number of ether oxygens (including phenoxy) is 7. The van der Waals surface area contributed by atoms with Crippen LogP contribution in [0.2, 0.25) is 0 Å². The van der Waals surface area contributed by atoms with Crippen molar-refractivity contribution in [3.63, 3.8) is 0 Å². The van der Waals surface area contributed by atoms with Crippen LogP contribution < -0.4 is 4.74 Å². The Morgan fingerprint density at radius 3 is 2.41 bits per heavy atom. The molecular weight excluding hydrogens is 596 g/mol. The van der Waals surface area contributed by atoms with E-state index in [2.05, 4.69) is 0 Å². The number of aliphatic hydroxyl groups excluding tert-OH is 4. The molecule has 0 aromatic heterocycles. The summed E-state index contributed by atoms with van der Waals surface area (Å²) in [4.78, 5) is 38.1. The van der Waals surface area contributed by atoms with E-state index in [9.17, 15) is 50.1 Å². The molecule has 0 amide bonds. The number of phenolic OH excluding ortho intramolecular Hbond substituents is 1. The number of carboxylic acids is 1. The highest BCUT2D eigenvalue weighted by Crippen LogP contribution is 2.59. The van der Waals surface area contributed by atoms with Gasteiger partial charge < -0.3 is 68.9 Å². The van der Waals surface area contributed by atoms with Gasteiger partial charge in [-0.3, -0.25) is 0 Å². The van der Waals surface area contributed by atoms with Crippen molar-refractivity contribution in [3.8, 4) is 11.5 Å². The number of fused-ring (bicyclic) bond motifs is 3. The first-order chi connectivity index (χ1) is 20.9. The Morgan fingerprint density at radius 2 is 1.77 bits per heavy atom. The summed E-state index contributed by atoms with van der Waals surface area (Å²) in [5.41, 5.74) is -3.38. The van der Waals surface area contributed by atoms with Crippen LogP contribution in [0.1, 0.15) is 5.56 Å². The zero-order valence-corrected chi connectivity index (χ0v) is 23.1. The lowest BCUT2D eigenvalue weighted by Crippen LogP contribution is -2.62. The minimum Gasteiger partial charge on any atom is -0.504 e. The van der Waals surface area contributed by atoms with Crippen LogP contribution in [-0.2, 0) is 42.8 Å². The fraction of sp³-hybridized carbons (Fsp3) is 0.519. The quantitative estimate of drug-likeness (QED) is 0.0638. The maximum Gasteiger partial charge on any atom is 0.346 e. The summed E-state index contributed by atoms with van der Waals surface area (Å²) in [6.45, 7) is -0.770. The second-order valence-electron chi connectivity index (χ2n) is 10.4. The number of hydrogen-bond acceptors (Lipinski definition) is 16. The van der Waals surface area contributed by atoms with Gasteiger partial charge >= 0.3 is 17.9 Å². The number of benzene rings is 1. The van der Waals surface area contributed by atoms with E-state index in [1.54, 1.807) is 0 Å². The van der Waals surface area contributed by atoms with Crippen molar-refractivity contribution in [2.75, 3.05) is 20.8 Å². The van der Waals surface area contributed by atoms with Gasteiger partial charge in [-0.15, -0.1) is 0 Å². The molecule has 0 unspecified atom stereocenters. The van der Waals surface area contributed by atoms with Crippen molar-refractivity contribution in [1.29, 1.82) is 0 Å². The van der Waals surface area contributed by atoms with Gasteiger partial charge in [-0.2, -0.15) is 0 Å². The Balaban J connectivity index is 1.47. The summed E-state index contributed by atoms with van der Waals surface area (Å²) in [7, 11) is 2.33. The lowest BCUT2D eigenvalue weighted by atomic mass is 9.79. The summed E-state index contributed by atoms with van der Waals surface area (Å²) in [6.07, 6.45) is -10.9. The number of aliphatic hydroxyl groups is 5. The Labute approximate surface area is 248 Å². The monoisotopic (exact) mass is 626 g/mol. The first-order valence-corrected chi connectivity index (χ1v) is 13.2. The molecule has 1 aromatic rings. The molecule has 0 bridgehead atoms. The van der Waals surface area contributed by atoms with Gasteiger partial charge in [0.1, 0.15) is 42.4 Å². The molecule has 11 atom stereocenters. The average Bonchev–Trinajstić information content (AvgIpc) is 3.77. The molecule has 44 heavy (non-hydrogen) atoms. The van der Waals surface area contributed by atoms with Crippen molar-refractivity contribution in [3.05, 3.63) is 41.9 Å². The number of phenols is 1. The van der Waals surface area contributed by atoms with Crippen molar-refractivity contribution >= 4 is 23.5 Å². The van der Waals surface area contributed by atoms with Crippen LogP contribution in [0.5, 0.6) is 11.5 Å². The molecule has 0 radical (unpaired) electrons. The van der Waals surface area contributed by atoms with Crippen LogP contribution >= 0.6 is 0 Å². The van der Waals surface area contributed by atoms with Crippen molar-refractivity contribution < 1.29 is 83.3 Å². The maximum absolute atomic E-state index is 13.5. The fourth-order valence-corrected chi connectivity index (χ4v) is 5.75. The fourth-order valence-electron chi connectivity index (χ4n) is 5.75. The first-order valence-electron chi connectivity index (χ1n) is 13.2. The Hall–Kier alpha value is -3.81. The highest BCUT2D eigenvalue weighted by Gasteiger charge is 2.78. The van der Waals surface area contributed by atoms with Gasteiger partial charge in [0.25, 0.3) is 0 Å². The number of carbonyl (C=O) groups is 3. The molecular formula is C27H30O17. The summed E-state index contributed by atoms with van der Waals surface area (Å²) in [6, 6.07) is 3.56. The van der Waals surface area contributed by atoms with E-state index in [1.807, 2.05) is 0 Å². The number of carboxylic acid groups (broad SMARTS) is 1. The van der Waals surface area contributed by atoms with Gasteiger partial charge in [-0.05, 0) is 17.7 Å². The lowest BCUT2D eigenvalue weighted by Gasteiger charge is -2.44. The zero-order chi connectivity index (χ0) is 32.1. The Morgan fingerprint density at radius 1 is 1.05 bits per heavy atom. The van der Waals surface area contributed by atoms with Gasteiger partial charge in [0.15, 0.2) is 17.8 Å². The SMILES string of the molecule is COC(=O)C1=CO[C@@H](O[C@@H]2O[C@H](CO)[C@@H](O)[C@H](O)[C@H]2O)[C@H]2[C@@H]1[C@@H]1O[C@@H]1[C@]2(O)C(=O)O/C=C(\C(=O)O)c1ccc(O)c(OC)c1. The van der Waals surface area contributed by atoms with E-state index in [4.69, 9.17) is 33.2 Å². The predicted molar refractivity (Wildman–Crippen MR) is 137 cm³/mol. The van der Waals surface area contributed by atoms with E-state index in [-0.39, 0.29) is 22.6 Å². The molecule has 5 rings (SSSR count). The van der Waals surface area contributed by atoms with E-state index in [0.29, 0.717) is 6.26 Å². The molecule has 1 aromatic carbocycles. The smallest absolute Gasteiger partial charge is 0.346 e. The third-order valence-electron chi connectivity index (χ3n) is 8.06. The molecule has 7 N–H and O–H groups in total. The molecule has 1 aliphatic carbocycles. The van der Waals surface area contributed by atoms with Gasteiger partial charge in [0, 0.05) is 5.92 Å². The third kappa shape index (κ3) is 5.16. The number of hydrogen-bond donors (Lipinski definition) is 7. The van der Waals surface area contributed by atoms with E-state index in [1.165, 1.54) is 19.2 Å². The summed E-state index contributed by atoms with van der Waals surface area (Å²) >= 11 is 0. The van der Waals surface area contributed by atoms with E-state index in [0.717, 1.165) is 19.4 Å². The van der Waals surface area contributed by atoms with Crippen LogP contribution in [0, 0.1) is 11.8 Å². The minimum atomic E-state index is -2.64. The number of aromatic hydroxyl groups is 1. The summed E-state index contributed by atoms with van der Waals surface area (Å²) in [5.74, 6) is -6.80. The zero-order valence-electron chi connectivity index (χ0n) is 23.1. The second-order valence-corrected chi connectivity index (χ2v) is 10.4. The van der Waals surface area contributed by atoms with Crippen LogP contribution in [-0.4, -0.2) is 129 Å². The maximum atomic E-state index is 13.5. The largest absolute Gasteiger partial charge is 0.504 e. The van der Waals surface area contributed by atoms with E-state index >= 15 is 0 Å². The molecule has 2 saturated heterocycles. The molecule has 1 saturated carbocycles. The number of epoxide rings is 1. The van der Waals surface area contributed by atoms with Crippen LogP contribution in [0.15, 0.2) is 36.3 Å². The Kier molecular flexibility index (Phi) is 8.58. The molecule has 17 nitrogen and oxygen atoms in total. The minimum absolute atomic E-state index is 0.0301. The lowest BCUT2D eigenvalue weighted by molar-refractivity contribution is -0.348. The van der Waals surface area contributed by atoms with Crippen LogP contribution in [0.3, 0.4) is 0 Å². The van der Waals surface area contributed by atoms with Gasteiger partial charge in [-0.25, -0.2) is 14.4 Å². The second kappa shape index (κ2) is 11.9. The standard InChI is InChI=1S/C27H30O17/c1-38-13-5-9(3-4-12(13)29)10(22(33)34)7-41-26(36)27(37)16-15(20-21(27)43-20)11(23(35)39-2)8-40-24(16)44-25-19(32)18(31)17(30)14(6-28)42-25/h3-5,7-8,14-21,24-25,28-32,37H,6H2,1-2H3,(H,33,34)/b10-7-/t14-,15-,16-,17-,18+,19-,20+,21+,24+,25+,27+/m1/s1. The van der Waals surface area contributed by atoms with Crippen molar-refractivity contribution in [1.82, 2.24) is 0 Å². The number of rotatable bonds is 9. The molecule has 17 heteroatoms. The number of methoxy groups -OCH3 is 2. The van der Waals surface area contributed by atoms with Crippen molar-refractivity contribution in [2.24, 2.45) is 11.8 Å². The Bertz CT molecular complexity index is 1370. The van der Waals surface area contributed by atoms with Gasteiger partial charge in [-0.1, -0.05) is 6.07 Å². The molecule has 3 fully saturated rings. The first kappa shape index (κ1) is 31.6. The van der Waals surface area contributed by atoms with Gasteiger partial charge in [0.2, 0.25) is 11.9 Å². The van der Waals surface area contributed by atoms with Crippen LogP contribution in [0.25, 0.3) is 5.57 Å². The summed E-state index contributed by atoms with van der Waals surface area (Å²) in [5, 5.41) is 71.7. The average molecular weight is 627 g/mol. The number of aliphatic carboxylic acids is 1. The normalized spacial score (nSPS) is 37.5. The predicted octanol–water partition coefficient (Wildman–Crippen LogP) is -2.66. The van der Waals surface area contributed by atoms with Gasteiger partial charge in [0.05, 0.1) is 44.7 Å². The van der Waals surface area contributed by atoms with E-state index < -0.39 is 96.7 Å². The topological polar surface area (TPSA) is 261 Å². The molecule has 0 spiro atoms. The number of esters is 2. The highest BCUT2D eigenvalue weighted by atomic mass is 16.8.